The summed E-state index contributed by atoms with van der Waals surface area (Å²) in [6.45, 7) is 0. The van der Waals surface area contributed by atoms with Gasteiger partial charge in [0.25, 0.3) is 0 Å². The van der Waals surface area contributed by atoms with E-state index in [2.05, 4.69) is 22.9 Å². The summed E-state index contributed by atoms with van der Waals surface area (Å²) in [6.07, 6.45) is 0. The van der Waals surface area contributed by atoms with Gasteiger partial charge in [-0.05, 0) is 0 Å². The third kappa shape index (κ3) is 10.2. The van der Waals surface area contributed by atoms with E-state index in [1.807, 2.05) is 0 Å². The molecule has 0 amide bonds. The predicted molar refractivity (Wildman–Crippen MR) is 61.0 cm³/mol. The average molecular weight is 301 g/mol. The molecule has 0 saturated carbocycles. The van der Waals surface area contributed by atoms with E-state index in [0.29, 0.717) is 0 Å². The molecule has 10 nitrogen and oxygen atoms in total. The summed E-state index contributed by atoms with van der Waals surface area (Å²) in [4.78, 5) is 0. The predicted octanol–water partition coefficient (Wildman–Crippen LogP) is -6.60. The summed E-state index contributed by atoms with van der Waals surface area (Å²) in [5.74, 6) is 0. The average Bonchev–Trinajstić information content (AvgIpc) is 1.98. The van der Waals surface area contributed by atoms with Crippen molar-refractivity contribution in [2.75, 3.05) is 0 Å². The van der Waals surface area contributed by atoms with Gasteiger partial charge < -0.3 is 48.0 Å². The first-order valence-electron chi connectivity index (χ1n) is 3.65. The number of rotatable bonds is 0. The van der Waals surface area contributed by atoms with E-state index in [-0.39, 0.29) is 89.1 Å². The van der Waals surface area contributed by atoms with E-state index in [4.69, 9.17) is 25.1 Å². The topological polar surface area (TPSA) is 147 Å². The monoisotopic (exact) mass is 302 g/mol. The van der Waals surface area contributed by atoms with Gasteiger partial charge in [0.1, 0.15) is 0 Å². The van der Waals surface area contributed by atoms with Gasteiger partial charge in [-0.15, -0.1) is 0 Å². The molecule has 17 heavy (non-hydrogen) atoms. The van der Waals surface area contributed by atoms with Crippen LogP contribution in [0.4, 0.5) is 0 Å². The fraction of sp³-hybridized carbons (Fsp3) is 0. The Morgan fingerprint density at radius 1 is 0.706 bits per heavy atom. The van der Waals surface area contributed by atoms with Crippen LogP contribution in [0.25, 0.3) is 0 Å². The Hall–Kier alpha value is 2.82. The molecular formula is H8B5CaKO10. The Bertz CT molecular complexity index is 159. The molecule has 2 aliphatic rings. The number of hydrogen-bond acceptors (Lipinski definition) is 10. The zero-order chi connectivity index (χ0) is 11.4. The van der Waals surface area contributed by atoms with Gasteiger partial charge in [-0.3, -0.25) is 0 Å². The molecule has 2 rings (SSSR count). The third-order valence-electron chi connectivity index (χ3n) is 1.13. The second kappa shape index (κ2) is 11.5. The summed E-state index contributed by atoms with van der Waals surface area (Å²) in [5.41, 5.74) is 0. The molecule has 2 bridgehead atoms. The molecule has 2 fully saturated rings. The van der Waals surface area contributed by atoms with Crippen LogP contribution >= 0.6 is 0 Å². The van der Waals surface area contributed by atoms with Gasteiger partial charge in [0, 0.05) is 0 Å². The summed E-state index contributed by atoms with van der Waals surface area (Å²) in [7, 11) is -7.36. The van der Waals surface area contributed by atoms with Crippen molar-refractivity contribution in [1.82, 2.24) is 0 Å². The molecule has 17 heteroatoms. The molecular weight excluding hydrogens is 293 g/mol. The summed E-state index contributed by atoms with van der Waals surface area (Å²) >= 11 is 0. The van der Waals surface area contributed by atoms with Crippen molar-refractivity contribution in [2.45, 2.75) is 0 Å². The standard InChI is InChI=1S/B4H2O7.BH3O3.Ca.K.3H/c5-1-7-3-9-2(6)10-4(8-1)11-3;2-1(3)4;;;;;/h5-6H;2-4H;;;;;. The van der Waals surface area contributed by atoms with Gasteiger partial charge in [0.15, 0.2) is 0 Å². The minimum absolute atomic E-state index is 0. The second-order valence-corrected chi connectivity index (χ2v) is 2.22. The van der Waals surface area contributed by atoms with Crippen LogP contribution in [0.1, 0.15) is 0 Å². The first kappa shape index (κ1) is 22.1. The van der Waals surface area contributed by atoms with E-state index < -0.39 is 36.6 Å². The van der Waals surface area contributed by atoms with Crippen LogP contribution in [-0.2, 0) is 22.9 Å². The van der Waals surface area contributed by atoms with Gasteiger partial charge in [-0.25, -0.2) is 0 Å². The molecule has 86 valence electrons. The SMILES string of the molecule is OB(O)O.OB1OB2OB(O)OB(O1)O2.[CaH2].[KH]. The summed E-state index contributed by atoms with van der Waals surface area (Å²) < 4.78 is 22.6. The van der Waals surface area contributed by atoms with Crippen molar-refractivity contribution < 1.29 is 48.0 Å². The van der Waals surface area contributed by atoms with Crippen molar-refractivity contribution in [1.29, 1.82) is 0 Å². The van der Waals surface area contributed by atoms with Crippen LogP contribution in [0.15, 0.2) is 0 Å². The number of fused-ring (bicyclic) bond motifs is 2. The van der Waals surface area contributed by atoms with Crippen molar-refractivity contribution >= 4 is 126 Å². The normalized spacial score (nSPS) is 17.5. The minimum atomic E-state index is -2.17. The molecule has 0 aromatic carbocycles. The van der Waals surface area contributed by atoms with Crippen LogP contribution in [0.2, 0.25) is 0 Å². The van der Waals surface area contributed by atoms with Gasteiger partial charge in [-0.2, -0.15) is 0 Å². The van der Waals surface area contributed by atoms with E-state index in [9.17, 15) is 0 Å². The fourth-order valence-electron chi connectivity index (χ4n) is 0.728. The molecule has 0 aromatic heterocycles. The van der Waals surface area contributed by atoms with E-state index in [1.54, 1.807) is 0 Å². The van der Waals surface area contributed by atoms with Crippen LogP contribution in [-0.4, -0.2) is 151 Å². The van der Waals surface area contributed by atoms with Crippen LogP contribution in [0.3, 0.4) is 0 Å². The Balaban J connectivity index is 0. The van der Waals surface area contributed by atoms with Gasteiger partial charge in [-0.1, -0.05) is 0 Å². The zero-order valence-corrected chi connectivity index (χ0v) is 7.16. The molecule has 2 heterocycles. The molecule has 2 saturated heterocycles. The molecule has 0 aromatic rings. The Kier molecular flexibility index (Phi) is 14.9. The zero-order valence-electron chi connectivity index (χ0n) is 7.16. The van der Waals surface area contributed by atoms with Gasteiger partial charge in [0.2, 0.25) is 0 Å². The Morgan fingerprint density at radius 2 is 0.941 bits per heavy atom. The first-order chi connectivity index (χ1) is 6.97. The summed E-state index contributed by atoms with van der Waals surface area (Å²) in [6, 6.07) is 0. The van der Waals surface area contributed by atoms with Crippen molar-refractivity contribution in [3.8, 4) is 0 Å². The molecule has 0 radical (unpaired) electrons. The third-order valence-corrected chi connectivity index (χ3v) is 1.13. The van der Waals surface area contributed by atoms with Crippen LogP contribution < -0.4 is 0 Å². The maximum atomic E-state index is 8.74. The Labute approximate surface area is 171 Å². The molecule has 0 spiro atoms. The van der Waals surface area contributed by atoms with Crippen molar-refractivity contribution in [3.05, 3.63) is 0 Å². The summed E-state index contributed by atoms with van der Waals surface area (Å²) in [5, 5.41) is 39.0. The first-order valence-corrected chi connectivity index (χ1v) is 3.65. The van der Waals surface area contributed by atoms with Crippen LogP contribution in [0.5, 0.6) is 0 Å². The quantitative estimate of drug-likeness (QED) is 0.273. The van der Waals surface area contributed by atoms with Crippen LogP contribution in [0, 0.1) is 0 Å². The fourth-order valence-corrected chi connectivity index (χ4v) is 0.728. The van der Waals surface area contributed by atoms with E-state index in [0.717, 1.165) is 0 Å². The number of hydrogen-bond donors (Lipinski definition) is 5. The Morgan fingerprint density at radius 3 is 1.18 bits per heavy atom. The molecule has 0 aliphatic carbocycles. The molecule has 5 N–H and O–H groups in total. The molecule has 0 atom stereocenters. The van der Waals surface area contributed by atoms with Gasteiger partial charge >= 0.3 is 126 Å². The van der Waals surface area contributed by atoms with Crippen molar-refractivity contribution in [2.24, 2.45) is 0 Å². The van der Waals surface area contributed by atoms with E-state index >= 15 is 0 Å². The second-order valence-electron chi connectivity index (χ2n) is 2.22. The maximum absolute atomic E-state index is 8.74. The van der Waals surface area contributed by atoms with Crippen molar-refractivity contribution in [3.63, 3.8) is 0 Å². The van der Waals surface area contributed by atoms with E-state index in [1.165, 1.54) is 0 Å². The van der Waals surface area contributed by atoms with Gasteiger partial charge in [0.05, 0.1) is 0 Å². The molecule has 2 aliphatic heterocycles. The molecule has 0 unspecified atom stereocenters.